The van der Waals surface area contributed by atoms with Crippen LogP contribution in [0.5, 0.6) is 0 Å². The Kier molecular flexibility index (Phi) is 4.89. The highest BCUT2D eigenvalue weighted by Crippen LogP contribution is 2.29. The molecule has 0 atom stereocenters. The van der Waals surface area contributed by atoms with E-state index in [1.165, 1.54) is 42.7 Å². The molecule has 2 aromatic carbocycles. The summed E-state index contributed by atoms with van der Waals surface area (Å²) in [6, 6.07) is 12.3. The van der Waals surface area contributed by atoms with Gasteiger partial charge >= 0.3 is 0 Å². The summed E-state index contributed by atoms with van der Waals surface area (Å²) in [5, 5.41) is 1.26. The highest BCUT2D eigenvalue weighted by molar-refractivity contribution is 7.21. The minimum Gasteiger partial charge on any atom is -0.345 e. The summed E-state index contributed by atoms with van der Waals surface area (Å²) in [6.07, 6.45) is 5.63. The molecule has 0 amide bonds. The van der Waals surface area contributed by atoms with E-state index in [4.69, 9.17) is 0 Å². The molecule has 0 radical (unpaired) electrons. The van der Waals surface area contributed by atoms with Gasteiger partial charge in [0.05, 0.1) is 21.3 Å². The van der Waals surface area contributed by atoms with Crippen molar-refractivity contribution in [2.24, 2.45) is 0 Å². The number of halogens is 1. The molecule has 2 aromatic heterocycles. The van der Waals surface area contributed by atoms with Gasteiger partial charge in [0.25, 0.3) is 0 Å². The van der Waals surface area contributed by atoms with Gasteiger partial charge in [0.15, 0.2) is 5.43 Å². The van der Waals surface area contributed by atoms with Crippen molar-refractivity contribution in [3.8, 4) is 10.6 Å². The Hall–Kier alpha value is -2.57. The number of hydrogen-bond acceptors (Lipinski definition) is 4. The second kappa shape index (κ2) is 7.69. The molecule has 148 valence electrons. The Morgan fingerprint density at radius 1 is 1.03 bits per heavy atom. The molecule has 0 spiro atoms. The number of hydrogen-bond donors (Lipinski definition) is 0. The van der Waals surface area contributed by atoms with Gasteiger partial charge in [0.1, 0.15) is 10.8 Å². The molecule has 0 bridgehead atoms. The fourth-order valence-electron chi connectivity index (χ4n) is 4.12. The van der Waals surface area contributed by atoms with Crippen LogP contribution in [0, 0.1) is 5.82 Å². The van der Waals surface area contributed by atoms with Gasteiger partial charge in [-0.15, -0.1) is 11.3 Å². The number of nitrogens with zero attached hydrogens (tertiary/aromatic N) is 3. The SMILES string of the molecule is O=c1c(-c2nc3ccccc3s2)cn(CCN2CCCCC2)c2cc(F)ccc12. The summed E-state index contributed by atoms with van der Waals surface area (Å²) < 4.78 is 17.1. The van der Waals surface area contributed by atoms with Gasteiger partial charge in [-0.05, 0) is 56.3 Å². The molecule has 0 N–H and O–H groups in total. The van der Waals surface area contributed by atoms with Gasteiger partial charge in [-0.3, -0.25) is 4.79 Å². The molecule has 0 aliphatic carbocycles. The molecule has 0 saturated carbocycles. The summed E-state index contributed by atoms with van der Waals surface area (Å²) >= 11 is 1.52. The third-order valence-electron chi connectivity index (χ3n) is 5.67. The predicted molar refractivity (Wildman–Crippen MR) is 117 cm³/mol. The maximum absolute atomic E-state index is 14.0. The van der Waals surface area contributed by atoms with Crippen molar-refractivity contribution in [1.82, 2.24) is 14.5 Å². The monoisotopic (exact) mass is 407 g/mol. The van der Waals surface area contributed by atoms with Gasteiger partial charge in [-0.2, -0.15) is 0 Å². The number of rotatable bonds is 4. The summed E-state index contributed by atoms with van der Waals surface area (Å²) in [4.78, 5) is 20.3. The second-order valence-electron chi connectivity index (χ2n) is 7.62. The molecule has 5 rings (SSSR count). The molecule has 1 aliphatic rings. The maximum Gasteiger partial charge on any atom is 0.199 e. The molecule has 29 heavy (non-hydrogen) atoms. The van der Waals surface area contributed by atoms with Crippen molar-refractivity contribution in [3.63, 3.8) is 0 Å². The van der Waals surface area contributed by atoms with Gasteiger partial charge < -0.3 is 9.47 Å². The lowest BCUT2D eigenvalue weighted by Gasteiger charge is -2.27. The second-order valence-corrected chi connectivity index (χ2v) is 8.65. The van der Waals surface area contributed by atoms with E-state index in [1.807, 2.05) is 35.0 Å². The van der Waals surface area contributed by atoms with Crippen LogP contribution in [0.3, 0.4) is 0 Å². The average molecular weight is 408 g/mol. The summed E-state index contributed by atoms with van der Waals surface area (Å²) in [7, 11) is 0. The van der Waals surface area contributed by atoms with Crippen molar-refractivity contribution in [2.45, 2.75) is 25.8 Å². The van der Waals surface area contributed by atoms with Crippen molar-refractivity contribution < 1.29 is 4.39 Å². The minimum absolute atomic E-state index is 0.0896. The highest BCUT2D eigenvalue weighted by Gasteiger charge is 2.16. The molecular weight excluding hydrogens is 385 g/mol. The van der Waals surface area contributed by atoms with E-state index >= 15 is 0 Å². The standard InChI is InChI=1S/C23H22FN3OS/c24-16-8-9-17-20(14-16)27(13-12-26-10-4-1-5-11-26)15-18(22(17)28)23-25-19-6-2-3-7-21(19)29-23/h2-3,6-9,14-15H,1,4-5,10-13H2. The zero-order valence-electron chi connectivity index (χ0n) is 16.1. The van der Waals surface area contributed by atoms with Crippen LogP contribution in [0.1, 0.15) is 19.3 Å². The van der Waals surface area contributed by atoms with Crippen LogP contribution < -0.4 is 5.43 Å². The number of likely N-dealkylation sites (tertiary alicyclic amines) is 1. The van der Waals surface area contributed by atoms with Gasteiger partial charge in [0, 0.05) is 24.7 Å². The molecular formula is C23H22FN3OS. The zero-order valence-corrected chi connectivity index (χ0v) is 16.9. The minimum atomic E-state index is -0.323. The molecule has 4 aromatic rings. The molecule has 3 heterocycles. The first-order valence-corrected chi connectivity index (χ1v) is 10.9. The quantitative estimate of drug-likeness (QED) is 0.483. The van der Waals surface area contributed by atoms with Crippen LogP contribution in [-0.2, 0) is 6.54 Å². The lowest BCUT2D eigenvalue weighted by Crippen LogP contribution is -2.32. The summed E-state index contributed by atoms with van der Waals surface area (Å²) in [6.45, 7) is 3.83. The lowest BCUT2D eigenvalue weighted by atomic mass is 10.1. The van der Waals surface area contributed by atoms with Crippen molar-refractivity contribution in [2.75, 3.05) is 19.6 Å². The fraction of sp³-hybridized carbons (Fsp3) is 0.304. The number of fused-ring (bicyclic) bond motifs is 2. The Bertz CT molecular complexity index is 1210. The van der Waals surface area contributed by atoms with Crippen LogP contribution >= 0.6 is 11.3 Å². The van der Waals surface area contributed by atoms with Gasteiger partial charge in [-0.25, -0.2) is 9.37 Å². The Morgan fingerprint density at radius 3 is 2.69 bits per heavy atom. The highest BCUT2D eigenvalue weighted by atomic mass is 32.1. The smallest absolute Gasteiger partial charge is 0.199 e. The number of benzene rings is 2. The molecule has 1 saturated heterocycles. The third kappa shape index (κ3) is 3.58. The zero-order chi connectivity index (χ0) is 19.8. The first kappa shape index (κ1) is 18.5. The number of aromatic nitrogens is 2. The van der Waals surface area contributed by atoms with Crippen LogP contribution in [0.15, 0.2) is 53.5 Å². The van der Waals surface area contributed by atoms with Crippen LogP contribution in [-0.4, -0.2) is 34.1 Å². The fourth-order valence-corrected chi connectivity index (χ4v) is 5.09. The first-order valence-electron chi connectivity index (χ1n) is 10.1. The number of piperidine rings is 1. The van der Waals surface area contributed by atoms with Crippen LogP contribution in [0.2, 0.25) is 0 Å². The molecule has 6 heteroatoms. The molecule has 0 unspecified atom stereocenters. The Morgan fingerprint density at radius 2 is 1.86 bits per heavy atom. The average Bonchev–Trinajstić information content (AvgIpc) is 3.18. The maximum atomic E-state index is 14.0. The number of pyridine rings is 1. The van der Waals surface area contributed by atoms with Crippen molar-refractivity contribution in [3.05, 3.63) is 64.7 Å². The molecule has 1 fully saturated rings. The van der Waals surface area contributed by atoms with Crippen LogP contribution in [0.25, 0.3) is 31.7 Å². The van der Waals surface area contributed by atoms with E-state index in [9.17, 15) is 9.18 Å². The Balaban J connectivity index is 1.61. The first-order chi connectivity index (χ1) is 14.2. The van der Waals surface area contributed by atoms with Gasteiger partial charge in [-0.1, -0.05) is 18.6 Å². The van der Waals surface area contributed by atoms with E-state index < -0.39 is 0 Å². The Labute approximate surface area is 172 Å². The topological polar surface area (TPSA) is 38.1 Å². The summed E-state index contributed by atoms with van der Waals surface area (Å²) in [5.74, 6) is -0.323. The predicted octanol–water partition coefficient (Wildman–Crippen LogP) is 4.90. The third-order valence-corrected chi connectivity index (χ3v) is 6.74. The van der Waals surface area contributed by atoms with Gasteiger partial charge in [0.2, 0.25) is 0 Å². The summed E-state index contributed by atoms with van der Waals surface area (Å²) in [5.41, 5.74) is 2.04. The lowest BCUT2D eigenvalue weighted by molar-refractivity contribution is 0.221. The molecule has 4 nitrogen and oxygen atoms in total. The van der Waals surface area contributed by atoms with E-state index in [1.54, 1.807) is 6.07 Å². The molecule has 1 aliphatic heterocycles. The number of thiazole rings is 1. The van der Waals surface area contributed by atoms with Crippen molar-refractivity contribution >= 4 is 32.5 Å². The van der Waals surface area contributed by atoms with E-state index in [-0.39, 0.29) is 11.2 Å². The van der Waals surface area contributed by atoms with Crippen molar-refractivity contribution in [1.29, 1.82) is 0 Å². The van der Waals surface area contributed by atoms with E-state index in [2.05, 4.69) is 9.88 Å². The number of para-hydroxylation sites is 1. The van der Waals surface area contributed by atoms with E-state index in [0.29, 0.717) is 21.5 Å². The van der Waals surface area contributed by atoms with E-state index in [0.717, 1.165) is 36.4 Å². The largest absolute Gasteiger partial charge is 0.345 e. The normalized spacial score (nSPS) is 15.3. The van der Waals surface area contributed by atoms with Crippen LogP contribution in [0.4, 0.5) is 4.39 Å².